The van der Waals surface area contributed by atoms with Crippen molar-refractivity contribution in [2.24, 2.45) is 5.10 Å². The number of para-hydroxylation sites is 1. The van der Waals surface area contributed by atoms with Crippen molar-refractivity contribution in [3.63, 3.8) is 0 Å². The van der Waals surface area contributed by atoms with Crippen LogP contribution in [0.5, 0.6) is 11.5 Å². The molecule has 20 heavy (non-hydrogen) atoms. The van der Waals surface area contributed by atoms with Crippen LogP contribution in [0.1, 0.15) is 16.1 Å². The van der Waals surface area contributed by atoms with E-state index >= 15 is 0 Å². The van der Waals surface area contributed by atoms with Crippen molar-refractivity contribution in [2.45, 2.75) is 0 Å². The van der Waals surface area contributed by atoms with E-state index in [1.54, 1.807) is 18.2 Å². The molecule has 1 aromatic heterocycles. The van der Waals surface area contributed by atoms with Crippen LogP contribution in [0.4, 0.5) is 0 Å². The number of ether oxygens (including phenoxy) is 2. The summed E-state index contributed by atoms with van der Waals surface area (Å²) in [7, 11) is 0. The number of hydrogen-bond donors (Lipinski definition) is 1. The SMILES string of the molecule is O=C(N/N=C/c1cccc2c1OCO2)c1ccc(Br)o1. The van der Waals surface area contributed by atoms with Crippen LogP contribution < -0.4 is 14.9 Å². The molecule has 0 bridgehead atoms. The van der Waals surface area contributed by atoms with Crippen LogP contribution in [-0.2, 0) is 0 Å². The first-order valence-corrected chi connectivity index (χ1v) is 6.51. The Morgan fingerprint density at radius 3 is 3.00 bits per heavy atom. The number of halogens is 1. The van der Waals surface area contributed by atoms with Gasteiger partial charge in [0.05, 0.1) is 6.21 Å². The molecule has 7 heteroatoms. The van der Waals surface area contributed by atoms with Crippen molar-refractivity contribution < 1.29 is 18.7 Å². The number of carbonyl (C=O) groups excluding carboxylic acids is 1. The number of furan rings is 1. The van der Waals surface area contributed by atoms with Crippen molar-refractivity contribution in [1.82, 2.24) is 5.43 Å². The second-order valence-electron chi connectivity index (χ2n) is 3.88. The van der Waals surface area contributed by atoms with Gasteiger partial charge in [0, 0.05) is 5.56 Å². The van der Waals surface area contributed by atoms with Gasteiger partial charge in [0.15, 0.2) is 21.9 Å². The van der Waals surface area contributed by atoms with Crippen molar-refractivity contribution in [1.29, 1.82) is 0 Å². The first-order valence-electron chi connectivity index (χ1n) is 5.71. The van der Waals surface area contributed by atoms with Crippen LogP contribution in [0.15, 0.2) is 44.5 Å². The molecular formula is C13H9BrN2O4. The van der Waals surface area contributed by atoms with Gasteiger partial charge in [-0.25, -0.2) is 5.43 Å². The first kappa shape index (κ1) is 12.7. The molecule has 1 amide bonds. The van der Waals surface area contributed by atoms with Gasteiger partial charge in [-0.2, -0.15) is 5.10 Å². The number of benzene rings is 1. The number of rotatable bonds is 3. The van der Waals surface area contributed by atoms with Crippen LogP contribution in [0.25, 0.3) is 0 Å². The average Bonchev–Trinajstić information content (AvgIpc) is 3.07. The first-order chi connectivity index (χ1) is 9.74. The van der Waals surface area contributed by atoms with Crippen LogP contribution in [-0.4, -0.2) is 18.9 Å². The molecule has 0 radical (unpaired) electrons. The highest BCUT2D eigenvalue weighted by atomic mass is 79.9. The predicted molar refractivity (Wildman–Crippen MR) is 74.0 cm³/mol. The summed E-state index contributed by atoms with van der Waals surface area (Å²) in [4.78, 5) is 11.7. The lowest BCUT2D eigenvalue weighted by Crippen LogP contribution is -2.16. The van der Waals surface area contributed by atoms with Crippen LogP contribution in [0, 0.1) is 0 Å². The van der Waals surface area contributed by atoms with E-state index in [1.165, 1.54) is 6.21 Å². The van der Waals surface area contributed by atoms with Gasteiger partial charge in [0.25, 0.3) is 0 Å². The maximum absolute atomic E-state index is 11.7. The van der Waals surface area contributed by atoms with Crippen molar-refractivity contribution in [3.8, 4) is 11.5 Å². The van der Waals surface area contributed by atoms with Gasteiger partial charge in [0.1, 0.15) is 0 Å². The molecule has 6 nitrogen and oxygen atoms in total. The van der Waals surface area contributed by atoms with Gasteiger partial charge in [-0.1, -0.05) is 6.07 Å². The minimum Gasteiger partial charge on any atom is -0.454 e. The van der Waals surface area contributed by atoms with Gasteiger partial charge < -0.3 is 13.9 Å². The largest absolute Gasteiger partial charge is 0.454 e. The van der Waals surface area contributed by atoms with E-state index in [9.17, 15) is 4.79 Å². The minimum absolute atomic E-state index is 0.173. The fourth-order valence-electron chi connectivity index (χ4n) is 1.71. The summed E-state index contributed by atoms with van der Waals surface area (Å²) in [6.45, 7) is 0.187. The van der Waals surface area contributed by atoms with E-state index in [2.05, 4.69) is 26.5 Å². The molecule has 1 aliphatic rings. The molecule has 2 heterocycles. The molecule has 102 valence electrons. The minimum atomic E-state index is -0.434. The van der Waals surface area contributed by atoms with E-state index in [4.69, 9.17) is 13.9 Å². The molecule has 0 spiro atoms. The second kappa shape index (κ2) is 5.38. The second-order valence-corrected chi connectivity index (χ2v) is 4.67. The molecule has 0 unspecified atom stereocenters. The molecule has 0 atom stereocenters. The Hall–Kier alpha value is -2.28. The van der Waals surface area contributed by atoms with Crippen LogP contribution >= 0.6 is 15.9 Å². The number of carbonyl (C=O) groups is 1. The third-order valence-corrected chi connectivity index (χ3v) is 3.02. The van der Waals surface area contributed by atoms with Crippen LogP contribution in [0.2, 0.25) is 0 Å². The van der Waals surface area contributed by atoms with E-state index < -0.39 is 5.91 Å². The average molecular weight is 337 g/mol. The Morgan fingerprint density at radius 2 is 2.20 bits per heavy atom. The summed E-state index contributed by atoms with van der Waals surface area (Å²) in [5.74, 6) is 1.02. The van der Waals surface area contributed by atoms with E-state index in [1.807, 2.05) is 12.1 Å². The lowest BCUT2D eigenvalue weighted by molar-refractivity contribution is 0.0926. The molecule has 1 aromatic carbocycles. The number of amides is 1. The molecular weight excluding hydrogens is 328 g/mol. The molecule has 0 saturated heterocycles. The zero-order valence-corrected chi connectivity index (χ0v) is 11.7. The third-order valence-electron chi connectivity index (χ3n) is 2.59. The van der Waals surface area contributed by atoms with Crippen molar-refractivity contribution >= 4 is 28.1 Å². The Bertz CT molecular complexity index is 681. The van der Waals surface area contributed by atoms with Gasteiger partial charge in [-0.05, 0) is 40.2 Å². The number of nitrogens with one attached hydrogen (secondary N) is 1. The van der Waals surface area contributed by atoms with E-state index in [0.29, 0.717) is 16.2 Å². The maximum Gasteiger partial charge on any atom is 0.307 e. The zero-order valence-electron chi connectivity index (χ0n) is 10.1. The molecule has 1 aliphatic heterocycles. The third kappa shape index (κ3) is 2.53. The lowest BCUT2D eigenvalue weighted by atomic mass is 10.2. The number of hydrazone groups is 1. The highest BCUT2D eigenvalue weighted by Gasteiger charge is 2.16. The van der Waals surface area contributed by atoms with Gasteiger partial charge >= 0.3 is 5.91 Å². The highest BCUT2D eigenvalue weighted by molar-refractivity contribution is 9.10. The van der Waals surface area contributed by atoms with Crippen molar-refractivity contribution in [3.05, 3.63) is 46.3 Å². The number of fused-ring (bicyclic) bond motifs is 1. The molecule has 3 rings (SSSR count). The Balaban J connectivity index is 1.69. The van der Waals surface area contributed by atoms with Crippen LogP contribution in [0.3, 0.4) is 0 Å². The van der Waals surface area contributed by atoms with Gasteiger partial charge in [0.2, 0.25) is 6.79 Å². The predicted octanol–water partition coefficient (Wildman–Crippen LogP) is 2.53. The molecule has 0 fully saturated rings. The number of nitrogens with zero attached hydrogens (tertiary/aromatic N) is 1. The fraction of sp³-hybridized carbons (Fsp3) is 0.0769. The maximum atomic E-state index is 11.7. The normalized spacial score (nSPS) is 12.8. The van der Waals surface area contributed by atoms with Gasteiger partial charge in [-0.3, -0.25) is 4.79 Å². The molecule has 0 saturated carbocycles. The highest BCUT2D eigenvalue weighted by Crippen LogP contribution is 2.34. The molecule has 1 N–H and O–H groups in total. The summed E-state index contributed by atoms with van der Waals surface area (Å²) in [5, 5.41) is 3.87. The molecule has 0 aliphatic carbocycles. The smallest absolute Gasteiger partial charge is 0.307 e. The standard InChI is InChI=1S/C13H9BrN2O4/c14-11-5-4-10(20-11)13(17)16-15-6-8-2-1-3-9-12(8)19-7-18-9/h1-6H,7H2,(H,16,17)/b15-6+. The fourth-order valence-corrected chi connectivity index (χ4v) is 2.01. The summed E-state index contributed by atoms with van der Waals surface area (Å²) in [6, 6.07) is 8.62. The van der Waals surface area contributed by atoms with Gasteiger partial charge in [-0.15, -0.1) is 0 Å². The Kier molecular flexibility index (Phi) is 3.42. The summed E-state index contributed by atoms with van der Waals surface area (Å²) < 4.78 is 16.2. The Labute approximate surface area is 122 Å². The monoisotopic (exact) mass is 336 g/mol. The summed E-state index contributed by atoms with van der Waals surface area (Å²) in [6.07, 6.45) is 1.49. The quantitative estimate of drug-likeness (QED) is 0.690. The van der Waals surface area contributed by atoms with E-state index in [0.717, 1.165) is 5.56 Å². The molecule has 2 aromatic rings. The topological polar surface area (TPSA) is 73.1 Å². The van der Waals surface area contributed by atoms with Crippen molar-refractivity contribution in [2.75, 3.05) is 6.79 Å². The zero-order chi connectivity index (χ0) is 13.9. The number of hydrogen-bond acceptors (Lipinski definition) is 5. The Morgan fingerprint density at radius 1 is 1.30 bits per heavy atom. The summed E-state index contributed by atoms with van der Waals surface area (Å²) in [5.41, 5.74) is 3.09. The summed E-state index contributed by atoms with van der Waals surface area (Å²) >= 11 is 3.12. The van der Waals surface area contributed by atoms with E-state index in [-0.39, 0.29) is 12.6 Å². The lowest BCUT2D eigenvalue weighted by Gasteiger charge is -2.00.